The summed E-state index contributed by atoms with van der Waals surface area (Å²) in [5.74, 6) is 0. The molecule has 0 bridgehead atoms. The van der Waals surface area contributed by atoms with E-state index in [1.807, 2.05) is 6.92 Å². The molecule has 1 heterocycles. The molecule has 1 rings (SSSR count). The van der Waals surface area contributed by atoms with E-state index in [9.17, 15) is 4.79 Å². The summed E-state index contributed by atoms with van der Waals surface area (Å²) in [6, 6.07) is 0. The number of ether oxygens (including phenoxy) is 2. The monoisotopic (exact) mass is 159 g/mol. The van der Waals surface area contributed by atoms with Crippen LogP contribution in [-0.2, 0) is 9.47 Å². The highest BCUT2D eigenvalue weighted by Gasteiger charge is 2.23. The van der Waals surface area contributed by atoms with Crippen LogP contribution in [0.4, 0.5) is 4.79 Å². The molecule has 0 spiro atoms. The highest BCUT2D eigenvalue weighted by Crippen LogP contribution is 2.10. The van der Waals surface area contributed by atoms with Crippen LogP contribution in [0.15, 0.2) is 0 Å². The number of rotatable bonds is 0. The van der Waals surface area contributed by atoms with Crippen molar-refractivity contribution in [2.24, 2.45) is 0 Å². The zero-order chi connectivity index (χ0) is 8.27. The molecule has 0 aromatic rings. The van der Waals surface area contributed by atoms with Crippen molar-refractivity contribution in [1.29, 1.82) is 0 Å². The summed E-state index contributed by atoms with van der Waals surface area (Å²) in [4.78, 5) is 12.6. The summed E-state index contributed by atoms with van der Waals surface area (Å²) in [5.41, 5.74) is 0. The van der Waals surface area contributed by atoms with E-state index in [0.717, 1.165) is 19.6 Å². The molecule has 0 aliphatic carbocycles. The van der Waals surface area contributed by atoms with Crippen molar-refractivity contribution in [2.45, 2.75) is 19.6 Å². The van der Waals surface area contributed by atoms with Gasteiger partial charge in [0.25, 0.3) is 0 Å². The minimum atomic E-state index is -0.308. The second-order valence-corrected chi connectivity index (χ2v) is 2.49. The fraction of sp³-hybridized carbons (Fsp3) is 0.857. The van der Waals surface area contributed by atoms with Crippen molar-refractivity contribution in [2.75, 3.05) is 20.3 Å². The maximum Gasteiger partial charge on any atom is 0.411 e. The summed E-state index contributed by atoms with van der Waals surface area (Å²) in [5, 5.41) is 0. The second kappa shape index (κ2) is 3.57. The molecule has 4 nitrogen and oxygen atoms in total. The van der Waals surface area contributed by atoms with E-state index < -0.39 is 0 Å². The number of carbonyl (C=O) groups is 1. The van der Waals surface area contributed by atoms with Crippen LogP contribution < -0.4 is 0 Å². The van der Waals surface area contributed by atoms with Crippen molar-refractivity contribution in [1.82, 2.24) is 4.90 Å². The van der Waals surface area contributed by atoms with Crippen LogP contribution in [-0.4, -0.2) is 37.5 Å². The van der Waals surface area contributed by atoms with Gasteiger partial charge in [-0.1, -0.05) is 0 Å². The minimum absolute atomic E-state index is 0.142. The van der Waals surface area contributed by atoms with Crippen LogP contribution in [0.2, 0.25) is 0 Å². The fourth-order valence-corrected chi connectivity index (χ4v) is 1.12. The third kappa shape index (κ3) is 1.83. The van der Waals surface area contributed by atoms with Crippen LogP contribution >= 0.6 is 0 Å². The summed E-state index contributed by atoms with van der Waals surface area (Å²) in [6.45, 7) is 3.30. The van der Waals surface area contributed by atoms with Crippen molar-refractivity contribution >= 4 is 6.09 Å². The predicted molar refractivity (Wildman–Crippen MR) is 39.1 cm³/mol. The highest BCUT2D eigenvalue weighted by atomic mass is 16.6. The van der Waals surface area contributed by atoms with Crippen LogP contribution in [0.3, 0.4) is 0 Å². The molecular weight excluding hydrogens is 146 g/mol. The van der Waals surface area contributed by atoms with E-state index in [2.05, 4.69) is 4.74 Å². The molecule has 1 saturated heterocycles. The maximum atomic E-state index is 11.0. The van der Waals surface area contributed by atoms with Gasteiger partial charge in [0.1, 0.15) is 6.23 Å². The van der Waals surface area contributed by atoms with Gasteiger partial charge in [0.05, 0.1) is 13.7 Å². The lowest BCUT2D eigenvalue weighted by molar-refractivity contribution is -0.0719. The quantitative estimate of drug-likeness (QED) is 0.525. The van der Waals surface area contributed by atoms with Gasteiger partial charge < -0.3 is 9.47 Å². The van der Waals surface area contributed by atoms with Crippen LogP contribution in [0.25, 0.3) is 0 Å². The van der Waals surface area contributed by atoms with Crippen LogP contribution in [0, 0.1) is 0 Å². The third-order valence-electron chi connectivity index (χ3n) is 1.75. The highest BCUT2D eigenvalue weighted by molar-refractivity contribution is 5.67. The van der Waals surface area contributed by atoms with Gasteiger partial charge in [-0.2, -0.15) is 0 Å². The van der Waals surface area contributed by atoms with Gasteiger partial charge in [-0.05, 0) is 13.3 Å². The molecular formula is C7H13NO3. The average Bonchev–Trinajstić information content (AvgIpc) is 2.04. The van der Waals surface area contributed by atoms with E-state index in [1.54, 1.807) is 4.90 Å². The first kappa shape index (κ1) is 8.33. The molecule has 0 N–H and O–H groups in total. The van der Waals surface area contributed by atoms with E-state index >= 15 is 0 Å². The Kier molecular flexibility index (Phi) is 2.70. The van der Waals surface area contributed by atoms with E-state index in [0.29, 0.717) is 0 Å². The van der Waals surface area contributed by atoms with Gasteiger partial charge in [0, 0.05) is 6.54 Å². The summed E-state index contributed by atoms with van der Waals surface area (Å²) >= 11 is 0. The van der Waals surface area contributed by atoms with Crippen LogP contribution in [0.1, 0.15) is 13.3 Å². The van der Waals surface area contributed by atoms with Gasteiger partial charge in [0.15, 0.2) is 0 Å². The van der Waals surface area contributed by atoms with Gasteiger partial charge in [-0.15, -0.1) is 0 Å². The molecule has 11 heavy (non-hydrogen) atoms. The molecule has 1 atom stereocenters. The first-order chi connectivity index (χ1) is 5.25. The number of amides is 1. The molecule has 1 aliphatic rings. The zero-order valence-corrected chi connectivity index (χ0v) is 6.87. The summed E-state index contributed by atoms with van der Waals surface area (Å²) in [7, 11) is 1.38. The Labute approximate surface area is 66.1 Å². The molecule has 0 radical (unpaired) electrons. The second-order valence-electron chi connectivity index (χ2n) is 2.49. The molecule has 0 aromatic heterocycles. The zero-order valence-electron chi connectivity index (χ0n) is 6.87. The number of methoxy groups -OCH3 is 1. The molecule has 0 aromatic carbocycles. The molecule has 1 amide bonds. The number of hydrogen-bond acceptors (Lipinski definition) is 3. The van der Waals surface area contributed by atoms with Gasteiger partial charge >= 0.3 is 6.09 Å². The molecule has 64 valence electrons. The summed E-state index contributed by atoms with van der Waals surface area (Å²) < 4.78 is 9.81. The van der Waals surface area contributed by atoms with Crippen LogP contribution in [0.5, 0.6) is 0 Å². The Morgan fingerprint density at radius 2 is 2.45 bits per heavy atom. The molecule has 1 fully saturated rings. The largest absolute Gasteiger partial charge is 0.453 e. The Balaban J connectivity index is 2.47. The van der Waals surface area contributed by atoms with Crippen molar-refractivity contribution in [3.8, 4) is 0 Å². The maximum absolute atomic E-state index is 11.0. The Hall–Kier alpha value is -0.770. The SMILES string of the molecule is COC(=O)N1CCCOC1C. The standard InChI is InChI=1S/C7H13NO3/c1-6-8(7(9)10-2)4-3-5-11-6/h6H,3-5H2,1-2H3. The lowest BCUT2D eigenvalue weighted by atomic mass is 10.3. The van der Waals surface area contributed by atoms with Gasteiger partial charge in [0.2, 0.25) is 0 Å². The topological polar surface area (TPSA) is 38.8 Å². The summed E-state index contributed by atoms with van der Waals surface area (Å²) in [6.07, 6.45) is 0.438. The van der Waals surface area contributed by atoms with Gasteiger partial charge in [-0.25, -0.2) is 4.79 Å². The first-order valence-corrected chi connectivity index (χ1v) is 3.72. The number of nitrogens with zero attached hydrogens (tertiary/aromatic N) is 1. The van der Waals surface area contributed by atoms with Crippen molar-refractivity contribution < 1.29 is 14.3 Å². The molecule has 0 saturated carbocycles. The molecule has 1 unspecified atom stereocenters. The lowest BCUT2D eigenvalue weighted by Gasteiger charge is -2.31. The average molecular weight is 159 g/mol. The van der Waals surface area contributed by atoms with E-state index in [-0.39, 0.29) is 12.3 Å². The fourth-order valence-electron chi connectivity index (χ4n) is 1.12. The third-order valence-corrected chi connectivity index (χ3v) is 1.75. The Morgan fingerprint density at radius 3 is 3.00 bits per heavy atom. The van der Waals surface area contributed by atoms with E-state index in [1.165, 1.54) is 7.11 Å². The number of hydrogen-bond donors (Lipinski definition) is 0. The van der Waals surface area contributed by atoms with Crippen molar-refractivity contribution in [3.05, 3.63) is 0 Å². The van der Waals surface area contributed by atoms with E-state index in [4.69, 9.17) is 4.74 Å². The normalized spacial score (nSPS) is 24.9. The predicted octanol–water partition coefficient (Wildman–Crippen LogP) is 0.821. The molecule has 4 heteroatoms. The number of carbonyl (C=O) groups excluding carboxylic acids is 1. The molecule has 1 aliphatic heterocycles. The van der Waals surface area contributed by atoms with Crippen molar-refractivity contribution in [3.63, 3.8) is 0 Å². The Morgan fingerprint density at radius 1 is 1.73 bits per heavy atom. The minimum Gasteiger partial charge on any atom is -0.453 e. The smallest absolute Gasteiger partial charge is 0.411 e. The van der Waals surface area contributed by atoms with Gasteiger partial charge in [-0.3, -0.25) is 4.90 Å². The lowest BCUT2D eigenvalue weighted by Crippen LogP contribution is -2.44. The Bertz CT molecular complexity index is 149. The first-order valence-electron chi connectivity index (χ1n) is 3.72.